The lowest BCUT2D eigenvalue weighted by Gasteiger charge is -2.23. The first-order valence-electron chi connectivity index (χ1n) is 9.98. The van der Waals surface area contributed by atoms with Crippen LogP contribution in [-0.4, -0.2) is 29.7 Å². The molecule has 0 heterocycles. The van der Waals surface area contributed by atoms with Gasteiger partial charge in [0.1, 0.15) is 0 Å². The molecule has 3 rings (SSSR count). The standard InChI is InChI=1S/C24H28N2O2/c1-4-14-26(15-5-2)24(28)23(27)21-18-8-6-7-9-19(18)22(25)20(21)17-12-10-16(3)11-13-17/h6-13,21H,4-5,14-15,25H2,1-3H3. The molecule has 4 heteroatoms. The van der Waals surface area contributed by atoms with E-state index in [-0.39, 0.29) is 0 Å². The number of rotatable bonds is 7. The molecule has 1 atom stereocenters. The summed E-state index contributed by atoms with van der Waals surface area (Å²) >= 11 is 0. The molecular weight excluding hydrogens is 348 g/mol. The summed E-state index contributed by atoms with van der Waals surface area (Å²) in [5.74, 6) is -1.46. The number of nitrogens with zero attached hydrogens (tertiary/aromatic N) is 1. The third-order valence-corrected chi connectivity index (χ3v) is 5.25. The maximum atomic E-state index is 13.4. The minimum atomic E-state index is -0.650. The highest BCUT2D eigenvalue weighted by Crippen LogP contribution is 2.45. The second-order valence-electron chi connectivity index (χ2n) is 7.37. The lowest BCUT2D eigenvalue weighted by atomic mass is 9.86. The highest BCUT2D eigenvalue weighted by atomic mass is 16.2. The van der Waals surface area contributed by atoms with Crippen molar-refractivity contribution in [2.45, 2.75) is 39.5 Å². The fourth-order valence-corrected chi connectivity index (χ4v) is 3.91. The molecule has 0 saturated heterocycles. The summed E-state index contributed by atoms with van der Waals surface area (Å²) in [4.78, 5) is 28.2. The Hall–Kier alpha value is -2.88. The van der Waals surface area contributed by atoms with Crippen molar-refractivity contribution in [2.24, 2.45) is 5.73 Å². The van der Waals surface area contributed by atoms with Gasteiger partial charge in [-0.2, -0.15) is 0 Å². The molecule has 0 saturated carbocycles. The van der Waals surface area contributed by atoms with Crippen LogP contribution in [0.3, 0.4) is 0 Å². The quantitative estimate of drug-likeness (QED) is 0.739. The van der Waals surface area contributed by atoms with Gasteiger partial charge in [-0.25, -0.2) is 0 Å². The molecule has 0 spiro atoms. The number of benzene rings is 2. The van der Waals surface area contributed by atoms with Crippen LogP contribution in [0.4, 0.5) is 0 Å². The molecule has 0 fully saturated rings. The third kappa shape index (κ3) is 3.59. The predicted molar refractivity (Wildman–Crippen MR) is 114 cm³/mol. The maximum absolute atomic E-state index is 13.4. The number of carbonyl (C=O) groups excluding carboxylic acids is 2. The first kappa shape index (κ1) is 19.9. The van der Waals surface area contributed by atoms with Crippen molar-refractivity contribution < 1.29 is 9.59 Å². The number of hydrogen-bond donors (Lipinski definition) is 1. The van der Waals surface area contributed by atoms with Gasteiger partial charge in [-0.3, -0.25) is 9.59 Å². The van der Waals surface area contributed by atoms with E-state index in [0.29, 0.717) is 18.8 Å². The average Bonchev–Trinajstić information content (AvgIpc) is 3.00. The lowest BCUT2D eigenvalue weighted by molar-refractivity contribution is -0.144. The van der Waals surface area contributed by atoms with Crippen molar-refractivity contribution in [1.82, 2.24) is 4.90 Å². The second kappa shape index (κ2) is 8.42. The Morgan fingerprint density at radius 3 is 2.18 bits per heavy atom. The molecular formula is C24H28N2O2. The van der Waals surface area contributed by atoms with E-state index < -0.39 is 17.6 Å². The molecule has 1 aliphatic carbocycles. The third-order valence-electron chi connectivity index (χ3n) is 5.25. The molecule has 2 N–H and O–H groups in total. The van der Waals surface area contributed by atoms with Crippen LogP contribution < -0.4 is 5.73 Å². The topological polar surface area (TPSA) is 63.4 Å². The van der Waals surface area contributed by atoms with Crippen LogP contribution >= 0.6 is 0 Å². The molecule has 0 bridgehead atoms. The molecule has 1 unspecified atom stereocenters. The monoisotopic (exact) mass is 376 g/mol. The number of nitrogens with two attached hydrogens (primary N) is 1. The molecule has 2 aromatic rings. The summed E-state index contributed by atoms with van der Waals surface area (Å²) in [6.07, 6.45) is 1.64. The van der Waals surface area contributed by atoms with Gasteiger partial charge in [0.25, 0.3) is 5.91 Å². The SMILES string of the molecule is CCCN(CCC)C(=O)C(=O)C1C(c2ccc(C)cc2)=C(N)c2ccccc21. The molecule has 1 aliphatic rings. The van der Waals surface area contributed by atoms with Crippen molar-refractivity contribution in [3.05, 3.63) is 70.8 Å². The molecule has 0 aromatic heterocycles. The molecule has 28 heavy (non-hydrogen) atoms. The van der Waals surface area contributed by atoms with Gasteiger partial charge in [-0.15, -0.1) is 0 Å². The van der Waals surface area contributed by atoms with Crippen LogP contribution in [0.5, 0.6) is 0 Å². The van der Waals surface area contributed by atoms with Crippen molar-refractivity contribution >= 4 is 23.0 Å². The minimum absolute atomic E-state index is 0.398. The van der Waals surface area contributed by atoms with E-state index in [9.17, 15) is 9.59 Å². The molecule has 4 nitrogen and oxygen atoms in total. The second-order valence-corrected chi connectivity index (χ2v) is 7.37. The van der Waals surface area contributed by atoms with Crippen molar-refractivity contribution in [3.63, 3.8) is 0 Å². The Morgan fingerprint density at radius 1 is 0.964 bits per heavy atom. The van der Waals surface area contributed by atoms with Crippen LogP contribution in [0.25, 0.3) is 11.3 Å². The zero-order chi connectivity index (χ0) is 20.3. The highest BCUT2D eigenvalue weighted by molar-refractivity contribution is 6.41. The van der Waals surface area contributed by atoms with E-state index in [4.69, 9.17) is 5.73 Å². The van der Waals surface area contributed by atoms with Crippen molar-refractivity contribution in [1.29, 1.82) is 0 Å². The van der Waals surface area contributed by atoms with Crippen LogP contribution in [0.2, 0.25) is 0 Å². The van der Waals surface area contributed by atoms with E-state index in [1.165, 1.54) is 0 Å². The van der Waals surface area contributed by atoms with Gasteiger partial charge in [-0.1, -0.05) is 67.9 Å². The number of ketones is 1. The van der Waals surface area contributed by atoms with E-state index in [1.54, 1.807) is 4.90 Å². The van der Waals surface area contributed by atoms with Gasteiger partial charge < -0.3 is 10.6 Å². The number of amides is 1. The fourth-order valence-electron chi connectivity index (χ4n) is 3.91. The Kier molecular flexibility index (Phi) is 5.98. The Bertz CT molecular complexity index is 906. The van der Waals surface area contributed by atoms with Crippen LogP contribution in [0.1, 0.15) is 54.9 Å². The zero-order valence-electron chi connectivity index (χ0n) is 16.9. The summed E-state index contributed by atoms with van der Waals surface area (Å²) < 4.78 is 0. The van der Waals surface area contributed by atoms with Gasteiger partial charge in [0, 0.05) is 24.4 Å². The van der Waals surface area contributed by atoms with Gasteiger partial charge in [0.15, 0.2) is 0 Å². The predicted octanol–water partition coefficient (Wildman–Crippen LogP) is 4.14. The Labute approximate surface area is 167 Å². The Balaban J connectivity index is 2.06. The first-order chi connectivity index (χ1) is 13.5. The van der Waals surface area contributed by atoms with Crippen LogP contribution in [0, 0.1) is 6.92 Å². The highest BCUT2D eigenvalue weighted by Gasteiger charge is 2.39. The molecule has 146 valence electrons. The molecule has 1 amide bonds. The molecule has 2 aromatic carbocycles. The minimum Gasteiger partial charge on any atom is -0.398 e. The van der Waals surface area contributed by atoms with Crippen molar-refractivity contribution in [3.8, 4) is 0 Å². The number of hydrogen-bond acceptors (Lipinski definition) is 3. The Morgan fingerprint density at radius 2 is 1.57 bits per heavy atom. The summed E-state index contributed by atoms with van der Waals surface area (Å²) in [5.41, 5.74) is 11.5. The van der Waals surface area contributed by atoms with Crippen molar-refractivity contribution in [2.75, 3.05) is 13.1 Å². The fraction of sp³-hybridized carbons (Fsp3) is 0.333. The summed E-state index contributed by atoms with van der Waals surface area (Å²) in [6.45, 7) is 7.23. The number of Topliss-reactive ketones (excluding diaryl/α,β-unsaturated/α-hetero) is 1. The maximum Gasteiger partial charge on any atom is 0.290 e. The van der Waals surface area contributed by atoms with E-state index >= 15 is 0 Å². The van der Waals surface area contributed by atoms with Crippen LogP contribution in [0.15, 0.2) is 48.5 Å². The smallest absolute Gasteiger partial charge is 0.290 e. The van der Waals surface area contributed by atoms with Crippen LogP contribution in [-0.2, 0) is 9.59 Å². The summed E-state index contributed by atoms with van der Waals surface area (Å²) in [7, 11) is 0. The summed E-state index contributed by atoms with van der Waals surface area (Å²) in [5, 5.41) is 0. The number of aryl methyl sites for hydroxylation is 1. The number of carbonyl (C=O) groups is 2. The average molecular weight is 377 g/mol. The van der Waals surface area contributed by atoms with E-state index in [0.717, 1.165) is 40.7 Å². The van der Waals surface area contributed by atoms with Gasteiger partial charge in [0.05, 0.1) is 5.92 Å². The van der Waals surface area contributed by atoms with E-state index in [2.05, 4.69) is 0 Å². The summed E-state index contributed by atoms with van der Waals surface area (Å²) in [6, 6.07) is 15.6. The van der Waals surface area contributed by atoms with Gasteiger partial charge >= 0.3 is 0 Å². The number of allylic oxidation sites excluding steroid dienone is 1. The number of fused-ring (bicyclic) bond motifs is 1. The van der Waals surface area contributed by atoms with E-state index in [1.807, 2.05) is 69.3 Å². The lowest BCUT2D eigenvalue weighted by Crippen LogP contribution is -2.40. The largest absolute Gasteiger partial charge is 0.398 e. The molecule has 0 aliphatic heterocycles. The normalized spacial score (nSPS) is 15.5. The van der Waals surface area contributed by atoms with Gasteiger partial charge in [-0.05, 0) is 36.5 Å². The van der Waals surface area contributed by atoms with Gasteiger partial charge in [0.2, 0.25) is 5.78 Å². The first-order valence-corrected chi connectivity index (χ1v) is 9.98. The zero-order valence-corrected chi connectivity index (χ0v) is 16.9. The molecule has 0 radical (unpaired) electrons.